The summed E-state index contributed by atoms with van der Waals surface area (Å²) in [5, 5.41) is 0.983. The molecule has 182 valence electrons. The second kappa shape index (κ2) is 9.24. The van der Waals surface area contributed by atoms with Crippen molar-refractivity contribution in [3.05, 3.63) is 83.4 Å². The highest BCUT2D eigenvalue weighted by Gasteiger charge is 2.34. The van der Waals surface area contributed by atoms with Crippen LogP contribution in [-0.2, 0) is 12.7 Å². The SMILES string of the molecule is COc1ccc(Cn2ccc3c(C4CCCC4c4ccc(C(F)(F)F)cc4)ncnc32)cc1OC. The van der Waals surface area contributed by atoms with E-state index in [9.17, 15) is 13.2 Å². The number of benzene rings is 2. The molecule has 0 spiro atoms. The normalized spacial score (nSPS) is 18.2. The molecule has 0 bridgehead atoms. The smallest absolute Gasteiger partial charge is 0.416 e. The maximum atomic E-state index is 13.0. The number of hydrogen-bond donors (Lipinski definition) is 0. The summed E-state index contributed by atoms with van der Waals surface area (Å²) in [4.78, 5) is 9.20. The van der Waals surface area contributed by atoms with Crippen LogP contribution in [0.5, 0.6) is 11.5 Å². The van der Waals surface area contributed by atoms with E-state index in [2.05, 4.69) is 14.5 Å². The zero-order valence-corrected chi connectivity index (χ0v) is 19.5. The second-order valence-corrected chi connectivity index (χ2v) is 8.89. The molecule has 2 aromatic carbocycles. The number of fused-ring (bicyclic) bond motifs is 1. The fourth-order valence-corrected chi connectivity index (χ4v) is 5.23. The van der Waals surface area contributed by atoms with Gasteiger partial charge in [0.05, 0.1) is 25.5 Å². The lowest BCUT2D eigenvalue weighted by atomic mass is 9.85. The molecule has 0 amide bonds. The highest BCUT2D eigenvalue weighted by molar-refractivity contribution is 5.79. The van der Waals surface area contributed by atoms with Gasteiger partial charge in [-0.1, -0.05) is 24.6 Å². The number of ether oxygens (including phenoxy) is 2. The minimum absolute atomic E-state index is 0.129. The van der Waals surface area contributed by atoms with Gasteiger partial charge in [0.15, 0.2) is 11.5 Å². The van der Waals surface area contributed by atoms with E-state index in [1.807, 2.05) is 30.5 Å². The standard InChI is InChI=1S/C27H26F3N3O2/c1-34-23-11-6-17(14-24(23)35-2)15-33-13-12-22-25(31-16-32-26(22)33)21-5-3-4-20(21)18-7-9-19(10-8-18)27(28,29)30/h6-14,16,20-21H,3-5,15H2,1-2H3. The van der Waals surface area contributed by atoms with Crippen molar-refractivity contribution >= 4 is 11.0 Å². The average molecular weight is 482 g/mol. The van der Waals surface area contributed by atoms with Gasteiger partial charge in [-0.15, -0.1) is 0 Å². The minimum atomic E-state index is -4.33. The van der Waals surface area contributed by atoms with Gasteiger partial charge in [-0.2, -0.15) is 13.2 Å². The van der Waals surface area contributed by atoms with E-state index >= 15 is 0 Å². The molecule has 35 heavy (non-hydrogen) atoms. The van der Waals surface area contributed by atoms with Gasteiger partial charge in [0, 0.05) is 24.0 Å². The van der Waals surface area contributed by atoms with E-state index in [0.29, 0.717) is 18.0 Å². The van der Waals surface area contributed by atoms with E-state index in [0.717, 1.165) is 47.1 Å². The molecule has 0 radical (unpaired) electrons. The summed E-state index contributed by atoms with van der Waals surface area (Å²) in [6, 6.07) is 13.5. The zero-order valence-electron chi connectivity index (χ0n) is 19.5. The van der Waals surface area contributed by atoms with Crippen LogP contribution in [0.2, 0.25) is 0 Å². The Morgan fingerprint density at radius 3 is 2.37 bits per heavy atom. The fraction of sp³-hybridized carbons (Fsp3) is 0.333. The Morgan fingerprint density at radius 2 is 1.66 bits per heavy atom. The van der Waals surface area contributed by atoms with Crippen LogP contribution in [-0.4, -0.2) is 28.8 Å². The second-order valence-electron chi connectivity index (χ2n) is 8.89. The third-order valence-corrected chi connectivity index (χ3v) is 6.92. The zero-order chi connectivity index (χ0) is 24.6. The van der Waals surface area contributed by atoms with Crippen molar-refractivity contribution in [2.45, 2.75) is 43.8 Å². The van der Waals surface area contributed by atoms with Gasteiger partial charge in [0.2, 0.25) is 0 Å². The molecule has 4 aromatic rings. The summed E-state index contributed by atoms with van der Waals surface area (Å²) in [5.74, 6) is 1.61. The third kappa shape index (κ3) is 4.45. The van der Waals surface area contributed by atoms with Crippen LogP contribution in [0, 0.1) is 0 Å². The first-order chi connectivity index (χ1) is 16.9. The molecule has 5 nitrogen and oxygen atoms in total. The van der Waals surface area contributed by atoms with Crippen molar-refractivity contribution in [1.29, 1.82) is 0 Å². The van der Waals surface area contributed by atoms with Crippen LogP contribution in [0.25, 0.3) is 11.0 Å². The molecule has 2 unspecified atom stereocenters. The van der Waals surface area contributed by atoms with Gasteiger partial charge in [-0.05, 0) is 60.2 Å². The maximum Gasteiger partial charge on any atom is 0.416 e. The van der Waals surface area contributed by atoms with Crippen LogP contribution in [0.4, 0.5) is 13.2 Å². The van der Waals surface area contributed by atoms with Gasteiger partial charge in [-0.3, -0.25) is 0 Å². The molecular formula is C27H26F3N3O2. The average Bonchev–Trinajstić information content (AvgIpc) is 3.51. The summed E-state index contributed by atoms with van der Waals surface area (Å²) < 4.78 is 51.9. The molecule has 0 saturated heterocycles. The van der Waals surface area contributed by atoms with Gasteiger partial charge < -0.3 is 14.0 Å². The van der Waals surface area contributed by atoms with Gasteiger partial charge in [0.1, 0.15) is 12.0 Å². The Labute approximate surface area is 201 Å². The number of halogens is 3. The number of alkyl halides is 3. The quantitative estimate of drug-likeness (QED) is 0.313. The van der Waals surface area contributed by atoms with E-state index in [4.69, 9.17) is 9.47 Å². The van der Waals surface area contributed by atoms with Crippen molar-refractivity contribution in [3.63, 3.8) is 0 Å². The van der Waals surface area contributed by atoms with Gasteiger partial charge in [-0.25, -0.2) is 9.97 Å². The molecule has 2 heterocycles. The Kier molecular flexibility index (Phi) is 6.13. The molecule has 5 rings (SSSR count). The summed E-state index contributed by atoms with van der Waals surface area (Å²) >= 11 is 0. The first kappa shape index (κ1) is 23.2. The topological polar surface area (TPSA) is 49.2 Å². The fourth-order valence-electron chi connectivity index (χ4n) is 5.23. The van der Waals surface area contributed by atoms with E-state index in [1.165, 1.54) is 12.1 Å². The van der Waals surface area contributed by atoms with Gasteiger partial charge >= 0.3 is 6.18 Å². The lowest BCUT2D eigenvalue weighted by Gasteiger charge is -2.21. The molecule has 1 saturated carbocycles. The number of rotatable bonds is 6. The molecule has 2 atom stereocenters. The predicted molar refractivity (Wildman–Crippen MR) is 127 cm³/mol. The van der Waals surface area contributed by atoms with E-state index < -0.39 is 11.7 Å². The molecule has 0 N–H and O–H groups in total. The molecule has 1 fully saturated rings. The van der Waals surface area contributed by atoms with Crippen LogP contribution < -0.4 is 9.47 Å². The number of nitrogens with zero attached hydrogens (tertiary/aromatic N) is 3. The summed E-state index contributed by atoms with van der Waals surface area (Å²) in [7, 11) is 3.22. The van der Waals surface area contributed by atoms with Crippen molar-refractivity contribution in [2.24, 2.45) is 0 Å². The Morgan fingerprint density at radius 1 is 0.914 bits per heavy atom. The van der Waals surface area contributed by atoms with Crippen LogP contribution in [0.3, 0.4) is 0 Å². The molecule has 2 aromatic heterocycles. The van der Waals surface area contributed by atoms with Crippen LogP contribution in [0.1, 0.15) is 53.5 Å². The first-order valence-corrected chi connectivity index (χ1v) is 11.6. The Hall–Kier alpha value is -3.55. The van der Waals surface area contributed by atoms with E-state index in [-0.39, 0.29) is 11.8 Å². The predicted octanol–water partition coefficient (Wildman–Crippen LogP) is 6.57. The summed E-state index contributed by atoms with van der Waals surface area (Å²) in [6.07, 6.45) is 2.14. The molecule has 8 heteroatoms. The maximum absolute atomic E-state index is 13.0. The minimum Gasteiger partial charge on any atom is -0.493 e. The van der Waals surface area contributed by atoms with Crippen LogP contribution in [0.15, 0.2) is 61.1 Å². The molecule has 1 aliphatic carbocycles. The molecule has 1 aliphatic rings. The van der Waals surface area contributed by atoms with E-state index in [1.54, 1.807) is 32.7 Å². The number of aromatic nitrogens is 3. The lowest BCUT2D eigenvalue weighted by Crippen LogP contribution is -2.09. The number of methoxy groups -OCH3 is 2. The first-order valence-electron chi connectivity index (χ1n) is 11.6. The van der Waals surface area contributed by atoms with Crippen molar-refractivity contribution in [1.82, 2.24) is 14.5 Å². The van der Waals surface area contributed by atoms with Gasteiger partial charge in [0.25, 0.3) is 0 Å². The van der Waals surface area contributed by atoms with Crippen molar-refractivity contribution in [3.8, 4) is 11.5 Å². The third-order valence-electron chi connectivity index (χ3n) is 6.92. The van der Waals surface area contributed by atoms with Crippen molar-refractivity contribution < 1.29 is 22.6 Å². The Balaban J connectivity index is 1.45. The largest absolute Gasteiger partial charge is 0.493 e. The molecule has 0 aliphatic heterocycles. The summed E-state index contributed by atoms with van der Waals surface area (Å²) in [5.41, 5.74) is 3.15. The van der Waals surface area contributed by atoms with Crippen molar-refractivity contribution in [2.75, 3.05) is 14.2 Å². The monoisotopic (exact) mass is 481 g/mol. The lowest BCUT2D eigenvalue weighted by molar-refractivity contribution is -0.137. The summed E-state index contributed by atoms with van der Waals surface area (Å²) in [6.45, 7) is 0.604. The number of hydrogen-bond acceptors (Lipinski definition) is 4. The molecular weight excluding hydrogens is 455 g/mol. The Bertz CT molecular complexity index is 1330. The highest BCUT2D eigenvalue weighted by atomic mass is 19.4. The highest BCUT2D eigenvalue weighted by Crippen LogP contribution is 2.47. The van der Waals surface area contributed by atoms with Crippen LogP contribution >= 0.6 is 0 Å².